The molecule has 44 heavy (non-hydrogen) atoms. The van der Waals surface area contributed by atoms with Crippen LogP contribution in [0.25, 0.3) is 0 Å². The van der Waals surface area contributed by atoms with E-state index in [1.54, 1.807) is 13.8 Å². The summed E-state index contributed by atoms with van der Waals surface area (Å²) < 4.78 is 68.7. The highest BCUT2D eigenvalue weighted by Crippen LogP contribution is 2.51. The Morgan fingerprint density at radius 1 is 0.659 bits per heavy atom. The molecule has 3 aromatic rings. The Kier molecular flexibility index (Phi) is 14.2. The average molecular weight is 643 g/mol. The zero-order chi connectivity index (χ0) is 31.1. The van der Waals surface area contributed by atoms with E-state index in [9.17, 15) is 9.13 Å². The first-order chi connectivity index (χ1) is 21.5. The summed E-state index contributed by atoms with van der Waals surface area (Å²) in [5.74, 6) is 0. The molecule has 2 unspecified atom stereocenters. The highest BCUT2D eigenvalue weighted by molar-refractivity contribution is 7.65. The van der Waals surface area contributed by atoms with Gasteiger partial charge in [-0.3, -0.25) is 0 Å². The van der Waals surface area contributed by atoms with Crippen LogP contribution in [0, 0.1) is 0 Å². The van der Waals surface area contributed by atoms with Gasteiger partial charge in [-0.1, -0.05) is 91.0 Å². The fourth-order valence-electron chi connectivity index (χ4n) is 4.72. The minimum absolute atomic E-state index is 0.00247. The van der Waals surface area contributed by atoms with Crippen LogP contribution in [0.3, 0.4) is 0 Å². The first-order valence-electron chi connectivity index (χ1n) is 14.6. The molecule has 234 valence electrons. The lowest BCUT2D eigenvalue weighted by molar-refractivity contribution is -0.309. The van der Waals surface area contributed by atoms with E-state index in [1.807, 2.05) is 91.0 Å². The number of ether oxygens (including phenoxy) is 5. The number of hydrogen-bond acceptors (Lipinski definition) is 9. The van der Waals surface area contributed by atoms with Crippen molar-refractivity contribution in [2.75, 3.05) is 20.3 Å². The van der Waals surface area contributed by atoms with Crippen LogP contribution in [0.4, 0.5) is 0 Å². The maximum absolute atomic E-state index is 13.1. The molecule has 0 radical (unpaired) electrons. The zero-order valence-corrected chi connectivity index (χ0v) is 27.0. The van der Waals surface area contributed by atoms with Crippen LogP contribution in [0.1, 0.15) is 30.5 Å². The molecule has 11 heteroatoms. The SMILES string of the molecule is CCO[P+](=O)C(=C[C@H]1O[C@H](OC)[C@@H](OCc2ccccc2)[C@@H](OCc2ccccc2)[C@@H]1OCc1ccccc1)[P+](=O)OCC. The van der Waals surface area contributed by atoms with E-state index >= 15 is 0 Å². The molecule has 1 aliphatic rings. The molecule has 0 bridgehead atoms. The first kappa shape index (κ1) is 34.2. The van der Waals surface area contributed by atoms with Crippen LogP contribution in [0.2, 0.25) is 0 Å². The van der Waals surface area contributed by atoms with Crippen molar-refractivity contribution in [1.82, 2.24) is 0 Å². The highest BCUT2D eigenvalue weighted by Gasteiger charge is 2.53. The van der Waals surface area contributed by atoms with Crippen molar-refractivity contribution in [3.8, 4) is 0 Å². The zero-order valence-electron chi connectivity index (χ0n) is 25.2. The number of benzene rings is 3. The van der Waals surface area contributed by atoms with Crippen molar-refractivity contribution in [3.63, 3.8) is 0 Å². The second-order valence-corrected chi connectivity index (χ2v) is 12.7. The maximum atomic E-state index is 13.1. The molecular weight excluding hydrogens is 602 g/mol. The summed E-state index contributed by atoms with van der Waals surface area (Å²) in [6.07, 6.45) is -2.48. The minimum atomic E-state index is -2.46. The Morgan fingerprint density at radius 3 is 1.48 bits per heavy atom. The molecule has 1 saturated heterocycles. The van der Waals surface area contributed by atoms with Gasteiger partial charge in [0.15, 0.2) is 6.29 Å². The van der Waals surface area contributed by atoms with Gasteiger partial charge >= 0.3 is 21.1 Å². The van der Waals surface area contributed by atoms with E-state index in [-0.39, 0.29) is 38.1 Å². The molecule has 0 spiro atoms. The van der Waals surface area contributed by atoms with Crippen molar-refractivity contribution < 1.29 is 41.9 Å². The summed E-state index contributed by atoms with van der Waals surface area (Å²) in [4.78, 5) is 0. The minimum Gasteiger partial charge on any atom is -0.368 e. The Bertz CT molecular complexity index is 1300. The van der Waals surface area contributed by atoms with Gasteiger partial charge in [-0.15, -0.1) is 9.05 Å². The Balaban J connectivity index is 1.73. The summed E-state index contributed by atoms with van der Waals surface area (Å²) in [6.45, 7) is 4.54. The number of methoxy groups -OCH3 is 1. The van der Waals surface area contributed by atoms with Gasteiger partial charge in [0, 0.05) is 7.11 Å². The van der Waals surface area contributed by atoms with E-state index in [1.165, 1.54) is 13.2 Å². The molecule has 0 saturated carbocycles. The molecule has 0 amide bonds. The third kappa shape index (κ3) is 9.91. The van der Waals surface area contributed by atoms with E-state index < -0.39 is 46.8 Å². The molecule has 7 atom stereocenters. The Morgan fingerprint density at radius 2 is 1.07 bits per heavy atom. The van der Waals surface area contributed by atoms with Gasteiger partial charge in [-0.2, -0.15) is 0 Å². The van der Waals surface area contributed by atoms with Gasteiger partial charge < -0.3 is 23.7 Å². The summed E-state index contributed by atoms with van der Waals surface area (Å²) in [5.41, 5.74) is 2.87. The van der Waals surface area contributed by atoms with E-state index in [0.29, 0.717) is 0 Å². The molecule has 3 aromatic carbocycles. The quantitative estimate of drug-likeness (QED) is 0.139. The van der Waals surface area contributed by atoms with E-state index in [0.717, 1.165) is 16.7 Å². The second kappa shape index (κ2) is 18.3. The third-order valence-corrected chi connectivity index (χ3v) is 9.81. The van der Waals surface area contributed by atoms with Gasteiger partial charge in [0.05, 0.1) is 25.9 Å². The third-order valence-electron chi connectivity index (χ3n) is 6.80. The fraction of sp³-hybridized carbons (Fsp3) is 0.394. The summed E-state index contributed by atoms with van der Waals surface area (Å²) in [6, 6.07) is 29.3. The molecular formula is C33H40O9P2+2. The standard InChI is InChI=1S/C33H40O9P2/c1-4-40-43(34)29(44(35)41-5-2)21-28-30(37-22-25-15-9-6-10-16-25)31(38-23-26-17-11-7-12-18-26)32(33(36-3)42-28)39-24-27-19-13-8-14-20-27/h6-21,28,30-33H,4-5,22-24H2,1-3H3/q+2/t28-,30-,31+,32+,33+/m1/s1. The molecule has 1 fully saturated rings. The van der Waals surface area contributed by atoms with Gasteiger partial charge in [0.2, 0.25) is 0 Å². The Hall–Kier alpha value is -2.68. The maximum Gasteiger partial charge on any atom is 0.601 e. The monoisotopic (exact) mass is 642 g/mol. The van der Waals surface area contributed by atoms with Gasteiger partial charge in [-0.25, -0.2) is 0 Å². The van der Waals surface area contributed by atoms with Crippen LogP contribution < -0.4 is 0 Å². The van der Waals surface area contributed by atoms with Crippen molar-refractivity contribution >= 4 is 16.1 Å². The smallest absolute Gasteiger partial charge is 0.368 e. The molecule has 4 rings (SSSR count). The van der Waals surface area contributed by atoms with Crippen LogP contribution in [-0.4, -0.2) is 51.0 Å². The van der Waals surface area contributed by atoms with Crippen LogP contribution in [-0.2, 0) is 61.7 Å². The summed E-state index contributed by atoms with van der Waals surface area (Å²) in [5, 5.41) is -0.00247. The molecule has 0 N–H and O–H groups in total. The highest BCUT2D eigenvalue weighted by atomic mass is 31.2. The topological polar surface area (TPSA) is 98.8 Å². The molecule has 1 heterocycles. The lowest BCUT2D eigenvalue weighted by Crippen LogP contribution is -2.60. The fourth-order valence-corrected chi connectivity index (χ4v) is 6.87. The average Bonchev–Trinajstić information content (AvgIpc) is 3.06. The van der Waals surface area contributed by atoms with Crippen molar-refractivity contribution in [2.45, 2.75) is 64.4 Å². The van der Waals surface area contributed by atoms with E-state index in [4.69, 9.17) is 32.7 Å². The second-order valence-electron chi connectivity index (χ2n) is 9.86. The van der Waals surface area contributed by atoms with Crippen molar-refractivity contribution in [3.05, 3.63) is 119 Å². The summed E-state index contributed by atoms with van der Waals surface area (Å²) in [7, 11) is -3.41. The van der Waals surface area contributed by atoms with Gasteiger partial charge in [0.1, 0.15) is 37.6 Å². The van der Waals surface area contributed by atoms with Gasteiger partial charge in [-0.05, 0) is 39.7 Å². The molecule has 0 aromatic heterocycles. The molecule has 0 aliphatic carbocycles. The number of hydrogen-bond donors (Lipinski definition) is 0. The van der Waals surface area contributed by atoms with Crippen LogP contribution >= 0.6 is 16.1 Å². The summed E-state index contributed by atoms with van der Waals surface area (Å²) >= 11 is 0. The molecule has 1 aliphatic heterocycles. The predicted molar refractivity (Wildman–Crippen MR) is 167 cm³/mol. The Labute approximate surface area is 261 Å². The lowest BCUT2D eigenvalue weighted by atomic mass is 9.97. The van der Waals surface area contributed by atoms with Crippen molar-refractivity contribution in [1.29, 1.82) is 0 Å². The van der Waals surface area contributed by atoms with Gasteiger partial charge in [0.25, 0.3) is 0 Å². The van der Waals surface area contributed by atoms with E-state index in [2.05, 4.69) is 0 Å². The van der Waals surface area contributed by atoms with Crippen molar-refractivity contribution in [2.24, 2.45) is 0 Å². The number of rotatable bonds is 17. The largest absolute Gasteiger partial charge is 0.601 e. The predicted octanol–water partition coefficient (Wildman–Crippen LogP) is 7.51. The first-order valence-corrected chi connectivity index (χ1v) is 17.0. The molecule has 9 nitrogen and oxygen atoms in total. The normalized spacial score (nSPS) is 22.3. The van der Waals surface area contributed by atoms with Crippen LogP contribution in [0.5, 0.6) is 0 Å². The van der Waals surface area contributed by atoms with Crippen LogP contribution in [0.15, 0.2) is 102 Å². The lowest BCUT2D eigenvalue weighted by Gasteiger charge is -2.44.